The van der Waals surface area contributed by atoms with Gasteiger partial charge in [-0.25, -0.2) is 0 Å². The van der Waals surface area contributed by atoms with Crippen LogP contribution in [0.2, 0.25) is 0 Å². The van der Waals surface area contributed by atoms with E-state index in [9.17, 15) is 4.79 Å². The molecule has 0 saturated carbocycles. The molecule has 5 nitrogen and oxygen atoms in total. The van der Waals surface area contributed by atoms with E-state index >= 15 is 0 Å². The number of anilines is 1. The third kappa shape index (κ3) is 4.43. The molecule has 0 aliphatic rings. The average molecular weight is 275 g/mol. The third-order valence-electron chi connectivity index (χ3n) is 2.14. The first kappa shape index (κ1) is 16.5. The zero-order valence-electron chi connectivity index (χ0n) is 10.7. The summed E-state index contributed by atoms with van der Waals surface area (Å²) in [4.78, 5) is 11.4. The predicted octanol–water partition coefficient (Wildman–Crippen LogP) is 1.80. The first-order chi connectivity index (χ1) is 8.08. The number of nitrogens with two attached hydrogens (primary N) is 1. The summed E-state index contributed by atoms with van der Waals surface area (Å²) in [5.74, 6) is 0.987. The van der Waals surface area contributed by atoms with Crippen molar-refractivity contribution in [3.8, 4) is 11.5 Å². The summed E-state index contributed by atoms with van der Waals surface area (Å²) < 4.78 is 10.5. The normalized spacial score (nSPS) is 11.1. The van der Waals surface area contributed by atoms with Crippen LogP contribution in [0.1, 0.15) is 13.8 Å². The van der Waals surface area contributed by atoms with Gasteiger partial charge in [0.1, 0.15) is 0 Å². The molecule has 0 aliphatic carbocycles. The molecule has 1 rings (SSSR count). The van der Waals surface area contributed by atoms with Crippen molar-refractivity contribution in [3.05, 3.63) is 18.2 Å². The van der Waals surface area contributed by atoms with Gasteiger partial charge < -0.3 is 20.5 Å². The Bertz CT molecular complexity index is 397. The van der Waals surface area contributed by atoms with Crippen molar-refractivity contribution >= 4 is 24.0 Å². The smallest absolute Gasteiger partial charge is 0.241 e. The Morgan fingerprint density at radius 1 is 1.44 bits per heavy atom. The fourth-order valence-corrected chi connectivity index (χ4v) is 1.28. The van der Waals surface area contributed by atoms with Gasteiger partial charge in [-0.05, 0) is 26.0 Å². The second kappa shape index (κ2) is 7.79. The summed E-state index contributed by atoms with van der Waals surface area (Å²) in [6.45, 7) is 4.04. The molecule has 102 valence electrons. The van der Waals surface area contributed by atoms with Crippen molar-refractivity contribution in [1.29, 1.82) is 0 Å². The van der Waals surface area contributed by atoms with Crippen molar-refractivity contribution in [1.82, 2.24) is 0 Å². The molecule has 1 aromatic rings. The molecule has 3 N–H and O–H groups in total. The quantitative estimate of drug-likeness (QED) is 0.859. The third-order valence-corrected chi connectivity index (χ3v) is 2.14. The molecular formula is C12H19ClN2O3. The lowest BCUT2D eigenvalue weighted by molar-refractivity contribution is -0.117. The highest BCUT2D eigenvalue weighted by molar-refractivity contribution is 5.94. The summed E-state index contributed by atoms with van der Waals surface area (Å²) >= 11 is 0. The number of amides is 1. The molecule has 0 unspecified atom stereocenters. The van der Waals surface area contributed by atoms with Gasteiger partial charge >= 0.3 is 0 Å². The highest BCUT2D eigenvalue weighted by Crippen LogP contribution is 2.30. The van der Waals surface area contributed by atoms with Crippen LogP contribution in [0.4, 0.5) is 5.69 Å². The molecule has 0 heterocycles. The average Bonchev–Trinajstić information content (AvgIpc) is 2.29. The van der Waals surface area contributed by atoms with Crippen molar-refractivity contribution in [2.45, 2.75) is 19.9 Å². The minimum Gasteiger partial charge on any atom is -0.493 e. The van der Waals surface area contributed by atoms with E-state index in [1.165, 1.54) is 0 Å². The van der Waals surface area contributed by atoms with Gasteiger partial charge in [-0.1, -0.05) is 0 Å². The summed E-state index contributed by atoms with van der Waals surface area (Å²) in [5, 5.41) is 2.69. The molecule has 0 radical (unpaired) electrons. The van der Waals surface area contributed by atoms with Crippen LogP contribution >= 0.6 is 12.4 Å². The molecule has 0 spiro atoms. The first-order valence-corrected chi connectivity index (χ1v) is 5.45. The molecule has 18 heavy (non-hydrogen) atoms. The van der Waals surface area contributed by atoms with Crippen LogP contribution in [0.15, 0.2) is 18.2 Å². The van der Waals surface area contributed by atoms with E-state index < -0.39 is 6.04 Å². The van der Waals surface area contributed by atoms with E-state index in [0.717, 1.165) is 0 Å². The molecule has 0 bridgehead atoms. The monoisotopic (exact) mass is 274 g/mol. The zero-order valence-corrected chi connectivity index (χ0v) is 11.5. The number of rotatable bonds is 5. The molecule has 0 fully saturated rings. The summed E-state index contributed by atoms with van der Waals surface area (Å²) in [7, 11) is 1.57. The summed E-state index contributed by atoms with van der Waals surface area (Å²) in [5.41, 5.74) is 6.10. The Balaban J connectivity index is 0.00000289. The van der Waals surface area contributed by atoms with E-state index in [1.54, 1.807) is 32.2 Å². The number of hydrogen-bond acceptors (Lipinski definition) is 4. The van der Waals surface area contributed by atoms with Gasteiger partial charge in [0, 0.05) is 11.8 Å². The molecule has 0 aliphatic heterocycles. The first-order valence-electron chi connectivity index (χ1n) is 5.45. The SMILES string of the molecule is CCOc1cc(NC(=O)[C@H](C)N)ccc1OC.Cl. The number of halogens is 1. The standard InChI is InChI=1S/C12H18N2O3.ClH/c1-4-17-11-7-9(5-6-10(11)16-3)14-12(15)8(2)13;/h5-8H,4,13H2,1-3H3,(H,14,15);1H/t8-;/m0./s1. The van der Waals surface area contributed by atoms with Gasteiger partial charge in [0.25, 0.3) is 0 Å². The fraction of sp³-hybridized carbons (Fsp3) is 0.417. The van der Waals surface area contributed by atoms with E-state index in [2.05, 4.69) is 5.32 Å². The summed E-state index contributed by atoms with van der Waals surface area (Å²) in [6, 6.07) is 4.64. The Hall–Kier alpha value is -1.46. The highest BCUT2D eigenvalue weighted by Gasteiger charge is 2.10. The Kier molecular flexibility index (Phi) is 7.16. The highest BCUT2D eigenvalue weighted by atomic mass is 35.5. The van der Waals surface area contributed by atoms with Crippen molar-refractivity contribution < 1.29 is 14.3 Å². The topological polar surface area (TPSA) is 73.6 Å². The van der Waals surface area contributed by atoms with Gasteiger partial charge in [0.15, 0.2) is 11.5 Å². The lowest BCUT2D eigenvalue weighted by Crippen LogP contribution is -2.32. The maximum absolute atomic E-state index is 11.4. The number of ether oxygens (including phenoxy) is 2. The number of methoxy groups -OCH3 is 1. The number of nitrogens with one attached hydrogen (secondary N) is 1. The van der Waals surface area contributed by atoms with Gasteiger partial charge in [-0.2, -0.15) is 0 Å². The Labute approximate surface area is 113 Å². The molecule has 1 aromatic carbocycles. The molecule has 0 saturated heterocycles. The minimum atomic E-state index is -0.548. The van der Waals surface area contributed by atoms with Crippen LogP contribution in [0.25, 0.3) is 0 Å². The van der Waals surface area contributed by atoms with Gasteiger partial charge in [-0.3, -0.25) is 4.79 Å². The molecule has 1 amide bonds. The van der Waals surface area contributed by atoms with Gasteiger partial charge in [-0.15, -0.1) is 12.4 Å². The van der Waals surface area contributed by atoms with Crippen LogP contribution in [0.3, 0.4) is 0 Å². The number of benzene rings is 1. The number of hydrogen-bond donors (Lipinski definition) is 2. The van der Waals surface area contributed by atoms with Crippen molar-refractivity contribution in [2.24, 2.45) is 5.73 Å². The fourth-order valence-electron chi connectivity index (χ4n) is 1.28. The van der Waals surface area contributed by atoms with Crippen LogP contribution < -0.4 is 20.5 Å². The van der Waals surface area contributed by atoms with Gasteiger partial charge in [0.2, 0.25) is 5.91 Å². The second-order valence-corrected chi connectivity index (χ2v) is 3.58. The Morgan fingerprint density at radius 3 is 2.61 bits per heavy atom. The van der Waals surface area contributed by atoms with Crippen LogP contribution in [0.5, 0.6) is 11.5 Å². The van der Waals surface area contributed by atoms with E-state index in [-0.39, 0.29) is 18.3 Å². The van der Waals surface area contributed by atoms with E-state index in [4.69, 9.17) is 15.2 Å². The molecular weight excluding hydrogens is 256 g/mol. The van der Waals surface area contributed by atoms with Crippen molar-refractivity contribution in [2.75, 3.05) is 19.0 Å². The largest absolute Gasteiger partial charge is 0.493 e. The number of carbonyl (C=O) groups is 1. The predicted molar refractivity (Wildman–Crippen MR) is 73.7 cm³/mol. The van der Waals surface area contributed by atoms with Crippen LogP contribution in [0, 0.1) is 0 Å². The van der Waals surface area contributed by atoms with E-state index in [0.29, 0.717) is 23.8 Å². The molecule has 0 aromatic heterocycles. The second-order valence-electron chi connectivity index (χ2n) is 3.58. The molecule has 1 atom stereocenters. The lowest BCUT2D eigenvalue weighted by Gasteiger charge is -2.12. The minimum absolute atomic E-state index is 0. The zero-order chi connectivity index (χ0) is 12.8. The lowest BCUT2D eigenvalue weighted by atomic mass is 10.2. The number of carbonyl (C=O) groups excluding carboxylic acids is 1. The maximum atomic E-state index is 11.4. The molecule has 6 heteroatoms. The van der Waals surface area contributed by atoms with Gasteiger partial charge in [0.05, 0.1) is 19.8 Å². The van der Waals surface area contributed by atoms with Crippen LogP contribution in [-0.2, 0) is 4.79 Å². The van der Waals surface area contributed by atoms with Crippen molar-refractivity contribution in [3.63, 3.8) is 0 Å². The van der Waals surface area contributed by atoms with Crippen LogP contribution in [-0.4, -0.2) is 25.7 Å². The van der Waals surface area contributed by atoms with E-state index in [1.807, 2.05) is 6.92 Å². The Morgan fingerprint density at radius 2 is 2.11 bits per heavy atom. The summed E-state index contributed by atoms with van der Waals surface area (Å²) in [6.07, 6.45) is 0. The maximum Gasteiger partial charge on any atom is 0.241 e.